The van der Waals surface area contributed by atoms with Gasteiger partial charge in [-0.3, -0.25) is 19.7 Å². The Hall–Kier alpha value is -3.58. The Kier molecular flexibility index (Phi) is 6.04. The summed E-state index contributed by atoms with van der Waals surface area (Å²) < 4.78 is 5.13. The average molecular weight is 576 g/mol. The quantitative estimate of drug-likeness (QED) is 0.290. The van der Waals surface area contributed by atoms with Gasteiger partial charge in [-0.2, -0.15) is 5.10 Å². The predicted molar refractivity (Wildman–Crippen MR) is 156 cm³/mol. The third-order valence-corrected chi connectivity index (χ3v) is 9.89. The van der Waals surface area contributed by atoms with Gasteiger partial charge >= 0.3 is 0 Å². The molecule has 2 aliphatic carbocycles. The van der Waals surface area contributed by atoms with Gasteiger partial charge in [0.25, 0.3) is 5.56 Å². The van der Waals surface area contributed by atoms with Crippen LogP contribution in [0.15, 0.2) is 16.0 Å². The minimum absolute atomic E-state index is 0.0782. The Bertz CT molecular complexity index is 1890. The van der Waals surface area contributed by atoms with Gasteiger partial charge in [0.05, 0.1) is 22.2 Å². The van der Waals surface area contributed by atoms with Crippen LogP contribution in [0.2, 0.25) is 0 Å². The van der Waals surface area contributed by atoms with E-state index in [1.54, 1.807) is 18.3 Å². The highest BCUT2D eigenvalue weighted by molar-refractivity contribution is 7.99. The van der Waals surface area contributed by atoms with E-state index >= 15 is 0 Å². The summed E-state index contributed by atoms with van der Waals surface area (Å²) in [6.45, 7) is 6.40. The fourth-order valence-electron chi connectivity index (χ4n) is 5.67. The summed E-state index contributed by atoms with van der Waals surface area (Å²) in [4.78, 5) is 37.9. The van der Waals surface area contributed by atoms with E-state index in [2.05, 4.69) is 31.8 Å². The van der Waals surface area contributed by atoms with Crippen LogP contribution in [-0.2, 0) is 31.2 Å². The number of aryl methyl sites for hydroxylation is 5. The fourth-order valence-corrected chi connectivity index (χ4v) is 7.76. The lowest BCUT2D eigenvalue weighted by Crippen LogP contribution is -2.36. The third-order valence-electron chi connectivity index (χ3n) is 7.73. The van der Waals surface area contributed by atoms with Crippen molar-refractivity contribution in [1.29, 1.82) is 0 Å². The Morgan fingerprint density at radius 3 is 2.77 bits per heavy atom. The second kappa shape index (κ2) is 9.51. The van der Waals surface area contributed by atoms with Gasteiger partial charge in [0.1, 0.15) is 10.7 Å². The van der Waals surface area contributed by atoms with Crippen molar-refractivity contribution in [2.75, 3.05) is 11.2 Å². The van der Waals surface area contributed by atoms with Gasteiger partial charge in [0.15, 0.2) is 16.6 Å². The van der Waals surface area contributed by atoms with Crippen LogP contribution < -0.4 is 11.0 Å². The van der Waals surface area contributed by atoms with Crippen LogP contribution in [0.25, 0.3) is 32.6 Å². The van der Waals surface area contributed by atoms with Gasteiger partial charge < -0.3 is 4.57 Å². The first-order valence-corrected chi connectivity index (χ1v) is 15.4. The molecule has 0 bridgehead atoms. The van der Waals surface area contributed by atoms with Gasteiger partial charge in [-0.05, 0) is 64.5 Å². The molecule has 1 fully saturated rings. The molecule has 11 nitrogen and oxygen atoms in total. The summed E-state index contributed by atoms with van der Waals surface area (Å²) in [7, 11) is 1.92. The molecule has 0 atom stereocenters. The van der Waals surface area contributed by atoms with Gasteiger partial charge in [0.2, 0.25) is 5.91 Å². The van der Waals surface area contributed by atoms with Crippen LogP contribution in [0.5, 0.6) is 0 Å². The topological polar surface area (TPSA) is 125 Å². The van der Waals surface area contributed by atoms with Crippen LogP contribution in [0.3, 0.4) is 0 Å². The lowest BCUT2D eigenvalue weighted by Gasteiger charge is -2.12. The molecule has 1 amide bonds. The first-order valence-electron chi connectivity index (χ1n) is 13.6. The second-order valence-corrected chi connectivity index (χ2v) is 12.5. The molecule has 0 unspecified atom stereocenters. The summed E-state index contributed by atoms with van der Waals surface area (Å²) in [5.74, 6) is 1.46. The molecule has 1 N–H and O–H groups in total. The monoisotopic (exact) mass is 575 g/mol. The minimum atomic E-state index is -0.305. The predicted octanol–water partition coefficient (Wildman–Crippen LogP) is 3.86. The lowest BCUT2D eigenvalue weighted by atomic mass is 10.1. The molecule has 40 heavy (non-hydrogen) atoms. The molecule has 0 aromatic carbocycles. The molecule has 5 aromatic heterocycles. The molecule has 0 spiro atoms. The number of fused-ring (bicyclic) bond motifs is 4. The summed E-state index contributed by atoms with van der Waals surface area (Å²) in [5.41, 5.74) is 7.42. The molecule has 0 radical (unpaired) electrons. The number of hydrogen-bond donors (Lipinski definition) is 1. The maximum absolute atomic E-state index is 13.3. The van der Waals surface area contributed by atoms with Crippen molar-refractivity contribution in [1.82, 2.24) is 39.2 Å². The van der Waals surface area contributed by atoms with E-state index in [4.69, 9.17) is 4.98 Å². The summed E-state index contributed by atoms with van der Waals surface area (Å²) >= 11 is 2.89. The molecule has 7 rings (SSSR count). The van der Waals surface area contributed by atoms with Crippen molar-refractivity contribution in [3.8, 4) is 11.4 Å². The highest BCUT2D eigenvalue weighted by Gasteiger charge is 2.29. The zero-order valence-corrected chi connectivity index (χ0v) is 24.4. The number of carbonyl (C=O) groups is 1. The second-order valence-electron chi connectivity index (χ2n) is 10.5. The van der Waals surface area contributed by atoms with Crippen molar-refractivity contribution in [2.45, 2.75) is 70.5 Å². The van der Waals surface area contributed by atoms with E-state index < -0.39 is 0 Å². The van der Waals surface area contributed by atoms with Crippen LogP contribution in [-0.4, -0.2) is 50.8 Å². The molecule has 1 saturated carbocycles. The van der Waals surface area contributed by atoms with E-state index in [0.29, 0.717) is 28.8 Å². The Morgan fingerprint density at radius 2 is 2.00 bits per heavy atom. The first-order chi connectivity index (χ1) is 19.3. The Morgan fingerprint density at radius 1 is 1.18 bits per heavy atom. The summed E-state index contributed by atoms with van der Waals surface area (Å²) in [6, 6.07) is 2.13. The average Bonchev–Trinajstić information content (AvgIpc) is 3.24. The Labute approximate surface area is 238 Å². The number of rotatable bonds is 7. The zero-order valence-electron chi connectivity index (χ0n) is 22.8. The van der Waals surface area contributed by atoms with E-state index in [9.17, 15) is 9.59 Å². The van der Waals surface area contributed by atoms with Crippen molar-refractivity contribution >= 4 is 50.3 Å². The van der Waals surface area contributed by atoms with E-state index in [1.165, 1.54) is 21.3 Å². The van der Waals surface area contributed by atoms with Gasteiger partial charge in [-0.25, -0.2) is 14.6 Å². The summed E-state index contributed by atoms with van der Waals surface area (Å²) in [6.07, 6.45) is 5.22. The number of aromatic nitrogens is 8. The third kappa shape index (κ3) is 4.05. The summed E-state index contributed by atoms with van der Waals surface area (Å²) in [5, 5.41) is 15.9. The van der Waals surface area contributed by atoms with Gasteiger partial charge in [-0.1, -0.05) is 11.8 Å². The molecule has 5 heterocycles. The molecule has 0 saturated heterocycles. The number of nitrogens with one attached hydrogen (secondary N) is 1. The SMILES string of the molecule is CCn1c(SCC(=O)Nn2c(C)nc3sc4c(c3c2=O)CCC4)nnc1-c1cc(C2CC2)nc2c1c(C)nn2C. The fraction of sp³-hybridized carbons (Fsp3) is 0.444. The molecule has 0 aliphatic heterocycles. The van der Waals surface area contributed by atoms with E-state index in [1.807, 2.05) is 30.1 Å². The van der Waals surface area contributed by atoms with Crippen molar-refractivity contribution in [3.05, 3.63) is 44.1 Å². The van der Waals surface area contributed by atoms with Crippen LogP contribution in [0, 0.1) is 13.8 Å². The molecular weight excluding hydrogens is 546 g/mol. The molecule has 5 aromatic rings. The number of thiophene rings is 1. The van der Waals surface area contributed by atoms with Crippen molar-refractivity contribution < 1.29 is 4.79 Å². The van der Waals surface area contributed by atoms with E-state index in [0.717, 1.165) is 76.3 Å². The molecular formula is C27H29N9O2S2. The maximum atomic E-state index is 13.3. The van der Waals surface area contributed by atoms with Gasteiger partial charge in [0, 0.05) is 35.6 Å². The number of carbonyl (C=O) groups excluding carboxylic acids is 1. The highest BCUT2D eigenvalue weighted by atomic mass is 32.2. The van der Waals surface area contributed by atoms with Crippen LogP contribution in [0.4, 0.5) is 0 Å². The minimum Gasteiger partial charge on any atom is -0.302 e. The standard InChI is InChI=1S/C27H29N9O2S2/c1-5-35-23(17-11-18(15-9-10-15)29-24-21(17)13(2)32-34(24)4)30-31-27(35)39-12-20(37)33-36-14(3)28-25-22(26(36)38)16-7-6-8-19(16)40-25/h11,15H,5-10,12H2,1-4H3,(H,33,37). The lowest BCUT2D eigenvalue weighted by molar-refractivity contribution is -0.114. The largest absolute Gasteiger partial charge is 0.302 e. The number of amides is 1. The molecule has 13 heteroatoms. The highest BCUT2D eigenvalue weighted by Crippen LogP contribution is 2.42. The van der Waals surface area contributed by atoms with E-state index in [-0.39, 0.29) is 17.2 Å². The van der Waals surface area contributed by atoms with Crippen LogP contribution >= 0.6 is 23.1 Å². The number of pyridine rings is 1. The maximum Gasteiger partial charge on any atom is 0.281 e. The molecule has 206 valence electrons. The Balaban J connectivity index is 1.16. The molecule has 2 aliphatic rings. The van der Waals surface area contributed by atoms with Crippen LogP contribution in [0.1, 0.15) is 59.8 Å². The first kappa shape index (κ1) is 25.4. The number of hydrogen-bond acceptors (Lipinski definition) is 9. The smallest absolute Gasteiger partial charge is 0.281 e. The van der Waals surface area contributed by atoms with Crippen molar-refractivity contribution in [3.63, 3.8) is 0 Å². The van der Waals surface area contributed by atoms with Gasteiger partial charge in [-0.15, -0.1) is 21.5 Å². The number of nitrogens with zero attached hydrogens (tertiary/aromatic N) is 8. The zero-order chi connectivity index (χ0) is 27.7. The number of thioether (sulfide) groups is 1. The normalized spacial score (nSPS) is 14.9. The van der Waals surface area contributed by atoms with Crippen molar-refractivity contribution in [2.24, 2.45) is 7.05 Å².